The molecule has 6 nitrogen and oxygen atoms in total. The number of nitrogens with one attached hydrogen (secondary N) is 2. The molecule has 2 unspecified atom stereocenters. The molecule has 0 bridgehead atoms. The van der Waals surface area contributed by atoms with E-state index in [1.807, 2.05) is 48.5 Å². The number of oxime groups is 1. The summed E-state index contributed by atoms with van der Waals surface area (Å²) in [4.78, 5) is 31.1. The highest BCUT2D eigenvalue weighted by Gasteiger charge is 2.32. The molecule has 2 atom stereocenters. The molecule has 7 heteroatoms. The number of halogens is 1. The Hall–Kier alpha value is -4.00. The number of anilines is 1. The molecule has 0 radical (unpaired) electrons. The van der Waals surface area contributed by atoms with Gasteiger partial charge in [0.15, 0.2) is 0 Å². The molecule has 0 aromatic heterocycles. The highest BCUT2D eigenvalue weighted by Crippen LogP contribution is 2.18. The average Bonchev–Trinajstić information content (AvgIpc) is 3.31. The maximum Gasteiger partial charge on any atom is 0.265 e. The zero-order chi connectivity index (χ0) is 22.3. The van der Waals surface area contributed by atoms with Crippen LogP contribution in [0, 0.1) is 5.82 Å². The second-order valence-corrected chi connectivity index (χ2v) is 7.45. The number of benzene rings is 3. The van der Waals surface area contributed by atoms with Gasteiger partial charge in [0.05, 0.1) is 5.71 Å². The van der Waals surface area contributed by atoms with E-state index in [1.165, 1.54) is 12.1 Å². The third-order valence-electron chi connectivity index (χ3n) is 5.08. The van der Waals surface area contributed by atoms with E-state index in [9.17, 15) is 14.0 Å². The summed E-state index contributed by atoms with van der Waals surface area (Å²) in [5.41, 5.74) is 2.59. The Morgan fingerprint density at radius 1 is 1.00 bits per heavy atom. The SMILES string of the molecule is O=C(Nc1ccccc1)C(Cc1ccccc1)NC(=O)C1CC(c2cccc(F)c2)=NO1. The van der Waals surface area contributed by atoms with Gasteiger partial charge in [-0.3, -0.25) is 9.59 Å². The molecule has 3 aromatic rings. The van der Waals surface area contributed by atoms with Crippen molar-refractivity contribution in [2.24, 2.45) is 5.16 Å². The van der Waals surface area contributed by atoms with Gasteiger partial charge in [-0.15, -0.1) is 0 Å². The molecule has 0 spiro atoms. The standard InChI is InChI=1S/C25H22FN3O3/c26-19-11-7-10-18(15-19)21-16-23(32-29-21)25(31)28-22(14-17-8-3-1-4-9-17)24(30)27-20-12-5-2-6-13-20/h1-13,15,22-23H,14,16H2,(H,27,30)(H,28,31). The molecule has 0 saturated carbocycles. The number of hydrogen-bond acceptors (Lipinski definition) is 4. The highest BCUT2D eigenvalue weighted by molar-refractivity contribution is 6.05. The van der Waals surface area contributed by atoms with Crippen molar-refractivity contribution in [2.45, 2.75) is 25.0 Å². The highest BCUT2D eigenvalue weighted by atomic mass is 19.1. The minimum Gasteiger partial charge on any atom is -0.382 e. The van der Waals surface area contributed by atoms with Crippen LogP contribution < -0.4 is 10.6 Å². The van der Waals surface area contributed by atoms with E-state index in [1.54, 1.807) is 24.3 Å². The molecule has 0 aliphatic carbocycles. The maximum atomic E-state index is 13.5. The van der Waals surface area contributed by atoms with Gasteiger partial charge in [-0.2, -0.15) is 0 Å². The third kappa shape index (κ3) is 5.37. The van der Waals surface area contributed by atoms with Crippen LogP contribution in [0.1, 0.15) is 17.5 Å². The van der Waals surface area contributed by atoms with Crippen molar-refractivity contribution in [3.63, 3.8) is 0 Å². The van der Waals surface area contributed by atoms with Crippen molar-refractivity contribution in [1.29, 1.82) is 0 Å². The lowest BCUT2D eigenvalue weighted by molar-refractivity contribution is -0.134. The van der Waals surface area contributed by atoms with E-state index in [4.69, 9.17) is 4.84 Å². The van der Waals surface area contributed by atoms with E-state index in [2.05, 4.69) is 15.8 Å². The number of nitrogens with zero attached hydrogens (tertiary/aromatic N) is 1. The van der Waals surface area contributed by atoms with E-state index in [0.29, 0.717) is 23.4 Å². The van der Waals surface area contributed by atoms with E-state index >= 15 is 0 Å². The van der Waals surface area contributed by atoms with Crippen molar-refractivity contribution >= 4 is 23.2 Å². The van der Waals surface area contributed by atoms with Gasteiger partial charge >= 0.3 is 0 Å². The predicted molar refractivity (Wildman–Crippen MR) is 120 cm³/mol. The quantitative estimate of drug-likeness (QED) is 0.599. The van der Waals surface area contributed by atoms with Crippen LogP contribution in [0.4, 0.5) is 10.1 Å². The molecule has 162 valence electrons. The Kier molecular flexibility index (Phi) is 6.55. The fourth-order valence-corrected chi connectivity index (χ4v) is 3.43. The molecule has 2 N–H and O–H groups in total. The summed E-state index contributed by atoms with van der Waals surface area (Å²) in [7, 11) is 0. The van der Waals surface area contributed by atoms with Crippen LogP contribution in [0.25, 0.3) is 0 Å². The van der Waals surface area contributed by atoms with Crippen LogP contribution in [0.2, 0.25) is 0 Å². The number of rotatable bonds is 7. The molecule has 2 amide bonds. The van der Waals surface area contributed by atoms with E-state index in [0.717, 1.165) is 5.56 Å². The number of hydrogen-bond donors (Lipinski definition) is 2. The molecule has 0 saturated heterocycles. The molecule has 3 aromatic carbocycles. The summed E-state index contributed by atoms with van der Waals surface area (Å²) in [5.74, 6) is -1.18. The van der Waals surface area contributed by atoms with Crippen LogP contribution in [-0.2, 0) is 20.8 Å². The lowest BCUT2D eigenvalue weighted by Gasteiger charge is -2.20. The first-order valence-electron chi connectivity index (χ1n) is 10.3. The number of amides is 2. The zero-order valence-electron chi connectivity index (χ0n) is 17.2. The van der Waals surface area contributed by atoms with Gasteiger partial charge in [-0.1, -0.05) is 65.8 Å². The minimum absolute atomic E-state index is 0.188. The summed E-state index contributed by atoms with van der Waals surface area (Å²) < 4.78 is 13.5. The van der Waals surface area contributed by atoms with Crippen molar-refractivity contribution in [3.8, 4) is 0 Å². The smallest absolute Gasteiger partial charge is 0.265 e. The van der Waals surface area contributed by atoms with E-state index < -0.39 is 23.9 Å². The van der Waals surface area contributed by atoms with Crippen LogP contribution in [-0.4, -0.2) is 29.7 Å². The summed E-state index contributed by atoms with van der Waals surface area (Å²) in [6.45, 7) is 0. The third-order valence-corrected chi connectivity index (χ3v) is 5.08. The van der Waals surface area contributed by atoms with Crippen LogP contribution in [0.3, 0.4) is 0 Å². The summed E-state index contributed by atoms with van der Waals surface area (Å²) in [5, 5.41) is 9.56. The first kappa shape index (κ1) is 21.2. The second kappa shape index (κ2) is 9.87. The zero-order valence-corrected chi connectivity index (χ0v) is 17.2. The van der Waals surface area contributed by atoms with Gasteiger partial charge in [0.2, 0.25) is 12.0 Å². The second-order valence-electron chi connectivity index (χ2n) is 7.45. The lowest BCUT2D eigenvalue weighted by Crippen LogP contribution is -2.48. The molecule has 1 heterocycles. The Bertz CT molecular complexity index is 1120. The van der Waals surface area contributed by atoms with Crippen molar-refractivity contribution in [1.82, 2.24) is 5.32 Å². The van der Waals surface area contributed by atoms with Crippen molar-refractivity contribution in [2.75, 3.05) is 5.32 Å². The number of carbonyl (C=O) groups excluding carboxylic acids is 2. The first-order valence-corrected chi connectivity index (χ1v) is 10.3. The summed E-state index contributed by atoms with van der Waals surface area (Å²) in [6.07, 6.45) is -0.389. The number of para-hydroxylation sites is 1. The van der Waals surface area contributed by atoms with Crippen LogP contribution >= 0.6 is 0 Å². The Balaban J connectivity index is 1.44. The topological polar surface area (TPSA) is 79.8 Å². The maximum absolute atomic E-state index is 13.5. The fourth-order valence-electron chi connectivity index (χ4n) is 3.43. The molecular weight excluding hydrogens is 409 g/mol. The Labute approximate surface area is 185 Å². The largest absolute Gasteiger partial charge is 0.382 e. The monoisotopic (exact) mass is 431 g/mol. The normalized spacial score (nSPS) is 15.9. The molecule has 32 heavy (non-hydrogen) atoms. The van der Waals surface area contributed by atoms with Gasteiger partial charge in [-0.05, 0) is 29.8 Å². The Morgan fingerprint density at radius 2 is 1.72 bits per heavy atom. The molecule has 4 rings (SSSR count). The van der Waals surface area contributed by atoms with Gasteiger partial charge in [0.1, 0.15) is 11.9 Å². The van der Waals surface area contributed by atoms with Crippen LogP contribution in [0.5, 0.6) is 0 Å². The molecular formula is C25H22FN3O3. The molecule has 0 fully saturated rings. The molecule has 1 aliphatic heterocycles. The fraction of sp³-hybridized carbons (Fsp3) is 0.160. The minimum atomic E-state index is -0.893. The summed E-state index contributed by atoms with van der Waals surface area (Å²) >= 11 is 0. The van der Waals surface area contributed by atoms with Gasteiger partial charge in [0.25, 0.3) is 5.91 Å². The van der Waals surface area contributed by atoms with Crippen molar-refractivity contribution in [3.05, 3.63) is 102 Å². The molecule has 1 aliphatic rings. The summed E-state index contributed by atoms with van der Waals surface area (Å²) in [6, 6.07) is 23.6. The first-order chi connectivity index (χ1) is 15.6. The Morgan fingerprint density at radius 3 is 2.44 bits per heavy atom. The van der Waals surface area contributed by atoms with Crippen molar-refractivity contribution < 1.29 is 18.8 Å². The van der Waals surface area contributed by atoms with Gasteiger partial charge in [0, 0.05) is 24.1 Å². The van der Waals surface area contributed by atoms with Crippen LogP contribution in [0.15, 0.2) is 90.1 Å². The number of carbonyl (C=O) groups is 2. The predicted octanol–water partition coefficient (Wildman–Crippen LogP) is 3.68. The van der Waals surface area contributed by atoms with Gasteiger partial charge < -0.3 is 15.5 Å². The average molecular weight is 431 g/mol. The lowest BCUT2D eigenvalue weighted by atomic mass is 10.0. The van der Waals surface area contributed by atoms with E-state index in [-0.39, 0.29) is 12.3 Å². The van der Waals surface area contributed by atoms with Gasteiger partial charge in [-0.25, -0.2) is 4.39 Å².